The summed E-state index contributed by atoms with van der Waals surface area (Å²) in [6.45, 7) is 2.76. The zero-order valence-electron chi connectivity index (χ0n) is 11.9. The van der Waals surface area contributed by atoms with Gasteiger partial charge in [0.25, 0.3) is 0 Å². The molecule has 1 aromatic heterocycles. The van der Waals surface area contributed by atoms with Gasteiger partial charge in [0.1, 0.15) is 11.4 Å². The molecule has 0 N–H and O–H groups in total. The second-order valence-electron chi connectivity index (χ2n) is 5.55. The molecule has 0 bridgehead atoms. The quantitative estimate of drug-likeness (QED) is 0.786. The van der Waals surface area contributed by atoms with Gasteiger partial charge in [-0.2, -0.15) is 0 Å². The first-order valence-corrected chi connectivity index (χ1v) is 8.59. The zero-order valence-corrected chi connectivity index (χ0v) is 12.7. The van der Waals surface area contributed by atoms with Crippen LogP contribution in [0.15, 0.2) is 11.1 Å². The van der Waals surface area contributed by atoms with Crippen LogP contribution >= 0.6 is 0 Å². The largest absolute Gasteiger partial charge is 0.611 e. The number of aryl methyl sites for hydroxylation is 1. The Bertz CT molecular complexity index is 466. The molecule has 1 aromatic rings. The van der Waals surface area contributed by atoms with Crippen LogP contribution in [0, 0.1) is 5.92 Å². The summed E-state index contributed by atoms with van der Waals surface area (Å²) in [4.78, 5) is 11.9. The van der Waals surface area contributed by atoms with Gasteiger partial charge in [0.15, 0.2) is 4.90 Å². The molecule has 0 spiro atoms. The number of nitrogens with zero attached hydrogens (tertiary/aromatic N) is 3. The average molecular weight is 295 g/mol. The van der Waals surface area contributed by atoms with E-state index in [0.29, 0.717) is 5.75 Å². The first kappa shape index (κ1) is 14.1. The molecule has 0 amide bonds. The fourth-order valence-corrected chi connectivity index (χ4v) is 3.94. The maximum Gasteiger partial charge on any atom is 0.225 e. The molecule has 20 heavy (non-hydrogen) atoms. The van der Waals surface area contributed by atoms with Crippen molar-refractivity contribution in [2.45, 2.75) is 30.6 Å². The number of fused-ring (bicyclic) bond motifs is 1. The van der Waals surface area contributed by atoms with E-state index in [1.165, 1.54) is 0 Å². The van der Waals surface area contributed by atoms with Gasteiger partial charge in [-0.05, 0) is 36.4 Å². The van der Waals surface area contributed by atoms with E-state index in [2.05, 4.69) is 14.9 Å². The van der Waals surface area contributed by atoms with Gasteiger partial charge < -0.3 is 14.2 Å². The fraction of sp³-hybridized carbons (Fsp3) is 0.714. The van der Waals surface area contributed by atoms with Crippen molar-refractivity contribution < 1.29 is 9.29 Å². The molecule has 1 unspecified atom stereocenters. The molecule has 3 rings (SSSR count). The molecule has 3 heterocycles. The smallest absolute Gasteiger partial charge is 0.225 e. The van der Waals surface area contributed by atoms with Gasteiger partial charge in [-0.15, -0.1) is 0 Å². The Morgan fingerprint density at radius 1 is 1.45 bits per heavy atom. The predicted octanol–water partition coefficient (Wildman–Crippen LogP) is 1.39. The summed E-state index contributed by atoms with van der Waals surface area (Å²) in [7, 11) is 2.03. The van der Waals surface area contributed by atoms with E-state index in [9.17, 15) is 4.55 Å². The molecule has 5 nitrogen and oxygen atoms in total. The molecule has 0 saturated carbocycles. The van der Waals surface area contributed by atoms with Crippen molar-refractivity contribution in [2.75, 3.05) is 37.5 Å². The monoisotopic (exact) mass is 295 g/mol. The Morgan fingerprint density at radius 2 is 2.25 bits per heavy atom. The van der Waals surface area contributed by atoms with Gasteiger partial charge in [-0.3, -0.25) is 0 Å². The van der Waals surface area contributed by atoms with Crippen LogP contribution in [0.25, 0.3) is 0 Å². The molecule has 6 heteroatoms. The van der Waals surface area contributed by atoms with Crippen LogP contribution in [0.2, 0.25) is 0 Å². The summed E-state index contributed by atoms with van der Waals surface area (Å²) < 4.78 is 17.1. The third-order valence-corrected chi connectivity index (χ3v) is 5.55. The highest BCUT2D eigenvalue weighted by Crippen LogP contribution is 2.25. The minimum atomic E-state index is -0.884. The topological polar surface area (TPSA) is 61.3 Å². The Kier molecular flexibility index (Phi) is 4.43. The van der Waals surface area contributed by atoms with Crippen LogP contribution in [0.1, 0.15) is 25.0 Å². The van der Waals surface area contributed by atoms with E-state index < -0.39 is 11.2 Å². The first-order valence-electron chi connectivity index (χ1n) is 7.27. The number of anilines is 1. The summed E-state index contributed by atoms with van der Waals surface area (Å²) in [6, 6.07) is 0. The van der Waals surface area contributed by atoms with Gasteiger partial charge in [0.05, 0.1) is 6.20 Å². The summed E-state index contributed by atoms with van der Waals surface area (Å²) in [6.07, 6.45) is 6.04. The number of aromatic nitrogens is 2. The highest BCUT2D eigenvalue weighted by molar-refractivity contribution is 7.91. The lowest BCUT2D eigenvalue weighted by molar-refractivity contribution is 0.0645. The lowest BCUT2D eigenvalue weighted by Crippen LogP contribution is -2.25. The standard InChI is InChI=1S/C14H21N3O2S/c1-17(6-2-11-3-7-19-8-4-11)14-15-10-13-12(16-14)5-9-20(13)18/h10-11H,2-9H2,1H3. The third kappa shape index (κ3) is 3.07. The van der Waals surface area contributed by atoms with Crippen molar-refractivity contribution >= 4 is 17.1 Å². The molecule has 0 aromatic carbocycles. The Hall–Kier alpha value is -0.850. The highest BCUT2D eigenvalue weighted by Gasteiger charge is 2.27. The molecule has 1 saturated heterocycles. The molecule has 2 aliphatic rings. The van der Waals surface area contributed by atoms with Crippen molar-refractivity contribution in [2.24, 2.45) is 5.92 Å². The van der Waals surface area contributed by atoms with Gasteiger partial charge in [-0.25, -0.2) is 9.97 Å². The highest BCUT2D eigenvalue weighted by atomic mass is 32.2. The van der Waals surface area contributed by atoms with Crippen LogP contribution in [0.3, 0.4) is 0 Å². The van der Waals surface area contributed by atoms with E-state index in [1.54, 1.807) is 6.20 Å². The second kappa shape index (κ2) is 6.28. The molecule has 2 aliphatic heterocycles. The third-order valence-electron chi connectivity index (χ3n) is 4.14. The van der Waals surface area contributed by atoms with Crippen LogP contribution in [-0.4, -0.2) is 47.1 Å². The Balaban J connectivity index is 1.58. The summed E-state index contributed by atoms with van der Waals surface area (Å²) in [5.41, 5.74) is 0.964. The lowest BCUT2D eigenvalue weighted by Gasteiger charge is -2.24. The zero-order chi connectivity index (χ0) is 13.9. The maximum atomic E-state index is 11.7. The number of rotatable bonds is 4. The van der Waals surface area contributed by atoms with Crippen LogP contribution in [-0.2, 0) is 22.3 Å². The minimum absolute atomic E-state index is 0.694. The van der Waals surface area contributed by atoms with E-state index in [4.69, 9.17) is 4.74 Å². The lowest BCUT2D eigenvalue weighted by atomic mass is 9.96. The van der Waals surface area contributed by atoms with Crippen molar-refractivity contribution in [3.63, 3.8) is 0 Å². The number of hydrogen-bond acceptors (Lipinski definition) is 5. The van der Waals surface area contributed by atoms with Crippen molar-refractivity contribution in [1.29, 1.82) is 0 Å². The van der Waals surface area contributed by atoms with Gasteiger partial charge in [0, 0.05) is 33.2 Å². The summed E-state index contributed by atoms with van der Waals surface area (Å²) in [5.74, 6) is 2.21. The first-order chi connectivity index (χ1) is 9.74. The Labute approximate surface area is 122 Å². The van der Waals surface area contributed by atoms with Gasteiger partial charge >= 0.3 is 0 Å². The van der Waals surface area contributed by atoms with Crippen molar-refractivity contribution in [3.05, 3.63) is 11.9 Å². The molecule has 0 radical (unpaired) electrons. The van der Waals surface area contributed by atoms with Crippen molar-refractivity contribution in [1.82, 2.24) is 9.97 Å². The van der Waals surface area contributed by atoms with Crippen LogP contribution in [0.5, 0.6) is 0 Å². The molecular weight excluding hydrogens is 274 g/mol. The van der Waals surface area contributed by atoms with Gasteiger partial charge in [-0.1, -0.05) is 0 Å². The average Bonchev–Trinajstić information content (AvgIpc) is 2.87. The van der Waals surface area contributed by atoms with E-state index in [0.717, 1.165) is 67.9 Å². The van der Waals surface area contributed by atoms with Gasteiger partial charge in [0.2, 0.25) is 5.95 Å². The van der Waals surface area contributed by atoms with Crippen LogP contribution in [0.4, 0.5) is 5.95 Å². The van der Waals surface area contributed by atoms with E-state index in [1.807, 2.05) is 7.05 Å². The SMILES string of the molecule is CN(CCC1CCOCC1)c1ncc2c(n1)CC[S+]2[O-]. The summed E-state index contributed by atoms with van der Waals surface area (Å²) in [5, 5.41) is 0. The number of hydrogen-bond donors (Lipinski definition) is 0. The maximum absolute atomic E-state index is 11.7. The van der Waals surface area contributed by atoms with E-state index >= 15 is 0 Å². The van der Waals surface area contributed by atoms with Crippen molar-refractivity contribution in [3.8, 4) is 0 Å². The minimum Gasteiger partial charge on any atom is -0.611 e. The number of ether oxygens (including phenoxy) is 1. The summed E-state index contributed by atoms with van der Waals surface area (Å²) >= 11 is -0.884. The Morgan fingerprint density at radius 3 is 3.05 bits per heavy atom. The molecule has 0 aliphatic carbocycles. The predicted molar refractivity (Wildman–Crippen MR) is 78.4 cm³/mol. The molecule has 1 fully saturated rings. The second-order valence-corrected chi connectivity index (χ2v) is 7.09. The normalized spacial score (nSPS) is 22.8. The molecular formula is C14H21N3O2S. The molecule has 1 atom stereocenters. The fourth-order valence-electron chi connectivity index (χ4n) is 2.76. The molecule has 110 valence electrons. The van der Waals surface area contributed by atoms with Crippen LogP contribution < -0.4 is 4.90 Å². The van der Waals surface area contributed by atoms with E-state index in [-0.39, 0.29) is 0 Å².